The number of nitriles is 1. The number of nitrogens with zero attached hydrogens (tertiary/aromatic N) is 5. The van der Waals surface area contributed by atoms with E-state index in [1.54, 1.807) is 19.2 Å². The minimum Gasteiger partial charge on any atom is -0.514 e. The summed E-state index contributed by atoms with van der Waals surface area (Å²) in [6.45, 7) is 2.03. The number of imidazole rings is 1. The number of ether oxygens (including phenoxy) is 1. The molecule has 0 saturated heterocycles. The summed E-state index contributed by atoms with van der Waals surface area (Å²) in [4.78, 5) is 13.8. The van der Waals surface area contributed by atoms with E-state index >= 15 is 0 Å². The van der Waals surface area contributed by atoms with Gasteiger partial charge in [-0.25, -0.2) is 15.0 Å². The van der Waals surface area contributed by atoms with Crippen LogP contribution < -0.4 is 10.1 Å². The molecule has 9 heteroatoms. The number of methoxy groups -OCH3 is 1. The van der Waals surface area contributed by atoms with Gasteiger partial charge in [0.2, 0.25) is 0 Å². The molecule has 144 valence electrons. The Morgan fingerprint density at radius 3 is 2.86 bits per heavy atom. The minimum atomic E-state index is 0.492. The number of aryl methyl sites for hydroxylation is 2. The molecule has 0 fully saturated rings. The lowest BCUT2D eigenvalue weighted by molar-refractivity contribution is 0.413. The molecule has 28 heavy (non-hydrogen) atoms. The summed E-state index contributed by atoms with van der Waals surface area (Å²) < 4.78 is 7.12. The van der Waals surface area contributed by atoms with Gasteiger partial charge in [-0.3, -0.25) is 0 Å². The van der Waals surface area contributed by atoms with Gasteiger partial charge in [0.1, 0.15) is 17.6 Å². The Labute approximate surface area is 166 Å². The van der Waals surface area contributed by atoms with Crippen LogP contribution in [0, 0.1) is 11.3 Å². The zero-order valence-corrected chi connectivity index (χ0v) is 16.6. The van der Waals surface area contributed by atoms with E-state index in [0.717, 1.165) is 29.7 Å². The van der Waals surface area contributed by atoms with E-state index in [1.165, 1.54) is 18.0 Å². The van der Waals surface area contributed by atoms with Gasteiger partial charge in [-0.15, -0.1) is 0 Å². The molecule has 2 heterocycles. The fourth-order valence-electron chi connectivity index (χ4n) is 2.76. The second-order valence-corrected chi connectivity index (χ2v) is 6.81. The quantitative estimate of drug-likeness (QED) is 0.355. The Hall–Kier alpha value is -3.25. The van der Waals surface area contributed by atoms with Crippen LogP contribution in [-0.4, -0.2) is 31.7 Å². The molecule has 0 spiro atoms. The molecule has 0 radical (unpaired) electrons. The summed E-state index contributed by atoms with van der Waals surface area (Å²) in [5.74, 6) is 2.58. The normalized spacial score (nSPS) is 11.1. The number of aromatic nitrogens is 4. The third-order valence-electron chi connectivity index (χ3n) is 4.15. The van der Waals surface area contributed by atoms with E-state index in [-0.39, 0.29) is 0 Å². The van der Waals surface area contributed by atoms with Crippen LogP contribution in [0.5, 0.6) is 5.75 Å². The highest BCUT2D eigenvalue weighted by Crippen LogP contribution is 2.28. The van der Waals surface area contributed by atoms with Gasteiger partial charge < -0.3 is 19.7 Å². The van der Waals surface area contributed by atoms with Crippen LogP contribution in [0.15, 0.2) is 35.8 Å². The van der Waals surface area contributed by atoms with E-state index in [1.807, 2.05) is 24.6 Å². The average molecular weight is 396 g/mol. The van der Waals surface area contributed by atoms with Crippen molar-refractivity contribution in [2.75, 3.05) is 12.4 Å². The van der Waals surface area contributed by atoms with Crippen molar-refractivity contribution in [3.63, 3.8) is 0 Å². The number of fused-ring (bicyclic) bond motifs is 1. The van der Waals surface area contributed by atoms with E-state index in [2.05, 4.69) is 26.3 Å². The number of anilines is 1. The van der Waals surface area contributed by atoms with Crippen LogP contribution in [0.1, 0.15) is 23.9 Å². The fourth-order valence-corrected chi connectivity index (χ4v) is 3.55. The summed E-state index contributed by atoms with van der Waals surface area (Å²) in [6.07, 6.45) is 3.07. The molecule has 3 aromatic rings. The molecule has 0 aliphatic heterocycles. The highest BCUT2D eigenvalue weighted by atomic mass is 32.2. The number of rotatable bonds is 7. The molecule has 0 unspecified atom stereocenters. The second-order valence-electron chi connectivity index (χ2n) is 5.86. The first-order valence-electron chi connectivity index (χ1n) is 8.60. The molecule has 0 atom stereocenters. The fraction of sp³-hybridized carbons (Fsp3) is 0.263. The highest BCUT2D eigenvalue weighted by molar-refractivity contribution is 7.98. The van der Waals surface area contributed by atoms with Crippen molar-refractivity contribution in [2.24, 2.45) is 7.05 Å². The Morgan fingerprint density at radius 2 is 2.18 bits per heavy atom. The highest BCUT2D eigenvalue weighted by Gasteiger charge is 2.15. The first kappa shape index (κ1) is 19.5. The standard InChI is InChI=1S/C19H20N6O2S/c1-4-15-22-16-17(21-7-8-26)23-19(24-18(16)25(15)2)28-11-12-5-6-14(27-3)13(9-12)10-20/h5-9,26H,4,11H2,1-3H3,(H,21,23,24)/b8-7-. The molecule has 0 amide bonds. The van der Waals surface area contributed by atoms with Crippen molar-refractivity contribution in [2.45, 2.75) is 24.3 Å². The molecule has 8 nitrogen and oxygen atoms in total. The van der Waals surface area contributed by atoms with Crippen molar-refractivity contribution in [1.29, 1.82) is 5.26 Å². The van der Waals surface area contributed by atoms with Crippen LogP contribution in [0.2, 0.25) is 0 Å². The maximum absolute atomic E-state index is 9.25. The van der Waals surface area contributed by atoms with Crippen molar-refractivity contribution in [3.05, 3.63) is 47.6 Å². The summed E-state index contributed by atoms with van der Waals surface area (Å²) >= 11 is 1.45. The number of thioether (sulfide) groups is 1. The molecule has 0 saturated carbocycles. The molecule has 3 rings (SSSR count). The van der Waals surface area contributed by atoms with E-state index in [0.29, 0.717) is 33.6 Å². The molecule has 1 aromatic carbocycles. The van der Waals surface area contributed by atoms with Gasteiger partial charge in [-0.2, -0.15) is 5.26 Å². The number of aliphatic hydroxyl groups excluding tert-OH is 1. The zero-order chi connectivity index (χ0) is 20.1. The summed E-state index contributed by atoms with van der Waals surface area (Å²) in [5.41, 5.74) is 2.83. The smallest absolute Gasteiger partial charge is 0.191 e. The van der Waals surface area contributed by atoms with Crippen molar-refractivity contribution < 1.29 is 9.84 Å². The van der Waals surface area contributed by atoms with E-state index in [4.69, 9.17) is 9.84 Å². The third-order valence-corrected chi connectivity index (χ3v) is 5.07. The molecule has 0 bridgehead atoms. The molecule has 2 aromatic heterocycles. The largest absolute Gasteiger partial charge is 0.514 e. The van der Waals surface area contributed by atoms with Crippen molar-refractivity contribution in [1.82, 2.24) is 19.5 Å². The SMILES string of the molecule is CCc1nc2c(N/C=C\O)nc(SCc3ccc(OC)c(C#N)c3)nc2n1C. The molecule has 0 aliphatic rings. The zero-order valence-electron chi connectivity index (χ0n) is 15.8. The van der Waals surface area contributed by atoms with Gasteiger partial charge in [-0.1, -0.05) is 24.8 Å². The lowest BCUT2D eigenvalue weighted by atomic mass is 10.1. The number of hydrogen-bond donors (Lipinski definition) is 2. The predicted molar refractivity (Wildman–Crippen MR) is 108 cm³/mol. The molecule has 0 aliphatic carbocycles. The Balaban J connectivity index is 1.92. The predicted octanol–water partition coefficient (Wildman–Crippen LogP) is 3.54. The number of aliphatic hydroxyl groups is 1. The van der Waals surface area contributed by atoms with Crippen LogP contribution in [0.25, 0.3) is 11.2 Å². The maximum atomic E-state index is 9.25. The average Bonchev–Trinajstić information content (AvgIpc) is 3.06. The van der Waals surface area contributed by atoms with Gasteiger partial charge in [0.05, 0.1) is 18.9 Å². The topological polar surface area (TPSA) is 109 Å². The molecule has 2 N–H and O–H groups in total. The van der Waals surface area contributed by atoms with Gasteiger partial charge in [0.25, 0.3) is 0 Å². The summed E-state index contributed by atoms with van der Waals surface area (Å²) in [5, 5.41) is 21.7. The number of benzene rings is 1. The molecular weight excluding hydrogens is 376 g/mol. The van der Waals surface area contributed by atoms with E-state index in [9.17, 15) is 5.26 Å². The maximum Gasteiger partial charge on any atom is 0.191 e. The Bertz CT molecular complexity index is 1070. The van der Waals surface area contributed by atoms with Gasteiger partial charge in [0, 0.05) is 25.4 Å². The second kappa shape index (κ2) is 8.63. The lowest BCUT2D eigenvalue weighted by Crippen LogP contribution is -2.00. The number of nitrogens with one attached hydrogen (secondary N) is 1. The van der Waals surface area contributed by atoms with Crippen LogP contribution >= 0.6 is 11.8 Å². The van der Waals surface area contributed by atoms with E-state index < -0.39 is 0 Å². The van der Waals surface area contributed by atoms with Crippen LogP contribution in [0.4, 0.5) is 5.82 Å². The van der Waals surface area contributed by atoms with Gasteiger partial charge in [0.15, 0.2) is 22.1 Å². The summed E-state index contributed by atoms with van der Waals surface area (Å²) in [6, 6.07) is 7.64. The molecular formula is C19H20N6O2S. The Morgan fingerprint density at radius 1 is 1.36 bits per heavy atom. The first-order chi connectivity index (χ1) is 13.6. The summed E-state index contributed by atoms with van der Waals surface area (Å²) in [7, 11) is 3.46. The van der Waals surface area contributed by atoms with Crippen molar-refractivity contribution in [3.8, 4) is 11.8 Å². The minimum absolute atomic E-state index is 0.492. The van der Waals surface area contributed by atoms with Crippen LogP contribution in [0.3, 0.4) is 0 Å². The monoisotopic (exact) mass is 396 g/mol. The lowest BCUT2D eigenvalue weighted by Gasteiger charge is -2.07. The van der Waals surface area contributed by atoms with Gasteiger partial charge >= 0.3 is 0 Å². The Kier molecular flexibility index (Phi) is 6.01. The number of hydrogen-bond acceptors (Lipinski definition) is 8. The van der Waals surface area contributed by atoms with Gasteiger partial charge in [-0.05, 0) is 17.7 Å². The van der Waals surface area contributed by atoms with Crippen LogP contribution in [-0.2, 0) is 19.2 Å². The third kappa shape index (κ3) is 3.87. The van der Waals surface area contributed by atoms with Crippen molar-refractivity contribution >= 4 is 28.7 Å². The first-order valence-corrected chi connectivity index (χ1v) is 9.58.